The number of aliphatic hydroxyl groups is 1. The van der Waals surface area contributed by atoms with Gasteiger partial charge in [0.15, 0.2) is 0 Å². The van der Waals surface area contributed by atoms with E-state index in [2.05, 4.69) is 0 Å². The molecule has 0 amide bonds. The molecule has 0 aromatic heterocycles. The lowest BCUT2D eigenvalue weighted by molar-refractivity contribution is 0.154. The van der Waals surface area contributed by atoms with Crippen LogP contribution in [-0.4, -0.2) is 5.11 Å². The molecule has 0 aliphatic carbocycles. The predicted octanol–water partition coefficient (Wildman–Crippen LogP) is 4.19. The minimum Gasteiger partial charge on any atom is -0.388 e. The second-order valence-corrected chi connectivity index (χ2v) is 4.73. The molecular formula is C16H16F2O. The summed E-state index contributed by atoms with van der Waals surface area (Å²) in [4.78, 5) is 0. The van der Waals surface area contributed by atoms with Crippen LogP contribution in [-0.2, 0) is 0 Å². The van der Waals surface area contributed by atoms with Gasteiger partial charge in [-0.15, -0.1) is 0 Å². The minimum absolute atomic E-state index is 0.0165. The zero-order valence-corrected chi connectivity index (χ0v) is 10.7. The molecular weight excluding hydrogens is 246 g/mol. The van der Waals surface area contributed by atoms with Gasteiger partial charge in [-0.05, 0) is 36.1 Å². The molecule has 0 radical (unpaired) electrons. The van der Waals surface area contributed by atoms with E-state index in [0.717, 1.165) is 23.8 Å². The van der Waals surface area contributed by atoms with Gasteiger partial charge in [0, 0.05) is 5.56 Å². The van der Waals surface area contributed by atoms with Crippen molar-refractivity contribution in [3.8, 4) is 0 Å². The van der Waals surface area contributed by atoms with Crippen LogP contribution in [0.5, 0.6) is 0 Å². The molecule has 2 aromatic carbocycles. The SMILES string of the molecule is CC(CC(O)c1cc(F)ccc1F)c1ccccc1. The van der Waals surface area contributed by atoms with Gasteiger partial charge in [-0.25, -0.2) is 8.78 Å². The highest BCUT2D eigenvalue weighted by atomic mass is 19.1. The lowest BCUT2D eigenvalue weighted by Gasteiger charge is -2.17. The molecule has 0 aliphatic rings. The predicted molar refractivity (Wildman–Crippen MR) is 70.8 cm³/mol. The first-order valence-corrected chi connectivity index (χ1v) is 6.26. The van der Waals surface area contributed by atoms with Gasteiger partial charge in [0.05, 0.1) is 6.10 Å². The molecule has 2 aromatic rings. The van der Waals surface area contributed by atoms with Crippen molar-refractivity contribution in [1.29, 1.82) is 0 Å². The van der Waals surface area contributed by atoms with Crippen LogP contribution in [0.15, 0.2) is 48.5 Å². The molecule has 0 saturated heterocycles. The Kier molecular flexibility index (Phi) is 4.27. The number of halogens is 2. The highest BCUT2D eigenvalue weighted by molar-refractivity contribution is 5.23. The maximum Gasteiger partial charge on any atom is 0.129 e. The van der Waals surface area contributed by atoms with Gasteiger partial charge in [0.2, 0.25) is 0 Å². The molecule has 0 bridgehead atoms. The summed E-state index contributed by atoms with van der Waals surface area (Å²) in [6, 6.07) is 12.8. The van der Waals surface area contributed by atoms with Crippen LogP contribution in [0.3, 0.4) is 0 Å². The molecule has 19 heavy (non-hydrogen) atoms. The number of aliphatic hydroxyl groups excluding tert-OH is 1. The van der Waals surface area contributed by atoms with Crippen molar-refractivity contribution in [1.82, 2.24) is 0 Å². The van der Waals surface area contributed by atoms with Crippen LogP contribution in [0.25, 0.3) is 0 Å². The van der Waals surface area contributed by atoms with Gasteiger partial charge in [-0.3, -0.25) is 0 Å². The third-order valence-electron chi connectivity index (χ3n) is 3.26. The molecule has 0 saturated carbocycles. The van der Waals surface area contributed by atoms with Crippen LogP contribution in [0.2, 0.25) is 0 Å². The van der Waals surface area contributed by atoms with Gasteiger partial charge >= 0.3 is 0 Å². The number of rotatable bonds is 4. The van der Waals surface area contributed by atoms with Crippen LogP contribution in [0, 0.1) is 11.6 Å². The Morgan fingerprint density at radius 1 is 1.05 bits per heavy atom. The van der Waals surface area contributed by atoms with E-state index in [1.807, 2.05) is 37.3 Å². The lowest BCUT2D eigenvalue weighted by atomic mass is 9.92. The van der Waals surface area contributed by atoms with Crippen LogP contribution < -0.4 is 0 Å². The summed E-state index contributed by atoms with van der Waals surface area (Å²) in [7, 11) is 0. The molecule has 1 nitrogen and oxygen atoms in total. The lowest BCUT2D eigenvalue weighted by Crippen LogP contribution is -2.06. The monoisotopic (exact) mass is 262 g/mol. The molecule has 0 aliphatic heterocycles. The fourth-order valence-corrected chi connectivity index (χ4v) is 2.15. The second-order valence-electron chi connectivity index (χ2n) is 4.73. The smallest absolute Gasteiger partial charge is 0.129 e. The molecule has 2 rings (SSSR count). The Bertz CT molecular complexity index is 540. The first-order valence-electron chi connectivity index (χ1n) is 6.26. The van der Waals surface area contributed by atoms with E-state index in [0.29, 0.717) is 6.42 Å². The first kappa shape index (κ1) is 13.7. The Morgan fingerprint density at radius 2 is 1.74 bits per heavy atom. The minimum atomic E-state index is -1.01. The molecule has 0 heterocycles. The van der Waals surface area contributed by atoms with Gasteiger partial charge in [0.1, 0.15) is 11.6 Å². The normalized spacial score (nSPS) is 14.1. The summed E-state index contributed by atoms with van der Waals surface area (Å²) in [6.07, 6.45) is -0.657. The maximum atomic E-state index is 13.5. The zero-order valence-electron chi connectivity index (χ0n) is 10.7. The standard InChI is InChI=1S/C16H16F2O/c1-11(12-5-3-2-4-6-12)9-16(19)14-10-13(17)7-8-15(14)18/h2-8,10-11,16,19H,9H2,1H3. The third-order valence-corrected chi connectivity index (χ3v) is 3.26. The summed E-state index contributed by atoms with van der Waals surface area (Å²) in [5, 5.41) is 10.1. The second kappa shape index (κ2) is 5.93. The maximum absolute atomic E-state index is 13.5. The first-order chi connectivity index (χ1) is 9.08. The largest absolute Gasteiger partial charge is 0.388 e. The molecule has 0 fully saturated rings. The van der Waals surface area contributed by atoms with Crippen molar-refractivity contribution in [3.05, 3.63) is 71.3 Å². The summed E-state index contributed by atoms with van der Waals surface area (Å²) in [6.45, 7) is 1.95. The highest BCUT2D eigenvalue weighted by Crippen LogP contribution is 2.29. The van der Waals surface area contributed by atoms with Crippen LogP contribution >= 0.6 is 0 Å². The Hall–Kier alpha value is -1.74. The van der Waals surface area contributed by atoms with Crippen molar-refractivity contribution in [2.45, 2.75) is 25.4 Å². The van der Waals surface area contributed by atoms with Crippen LogP contribution in [0.4, 0.5) is 8.78 Å². The van der Waals surface area contributed by atoms with Gasteiger partial charge in [-0.1, -0.05) is 37.3 Å². The van der Waals surface area contributed by atoms with Crippen molar-refractivity contribution < 1.29 is 13.9 Å². The van der Waals surface area contributed by atoms with E-state index in [4.69, 9.17) is 0 Å². The molecule has 100 valence electrons. The van der Waals surface area contributed by atoms with Crippen molar-refractivity contribution in [2.24, 2.45) is 0 Å². The fraction of sp³-hybridized carbons (Fsp3) is 0.250. The Balaban J connectivity index is 2.13. The average molecular weight is 262 g/mol. The molecule has 2 unspecified atom stereocenters. The van der Waals surface area contributed by atoms with E-state index >= 15 is 0 Å². The third kappa shape index (κ3) is 3.38. The van der Waals surface area contributed by atoms with Gasteiger partial charge < -0.3 is 5.11 Å². The van der Waals surface area contributed by atoms with Gasteiger partial charge in [0.25, 0.3) is 0 Å². The van der Waals surface area contributed by atoms with E-state index in [1.165, 1.54) is 0 Å². The quantitative estimate of drug-likeness (QED) is 0.875. The number of benzene rings is 2. The zero-order chi connectivity index (χ0) is 13.8. The van der Waals surface area contributed by atoms with E-state index in [-0.39, 0.29) is 11.5 Å². The molecule has 0 spiro atoms. The van der Waals surface area contributed by atoms with Crippen molar-refractivity contribution in [2.75, 3.05) is 0 Å². The van der Waals surface area contributed by atoms with E-state index < -0.39 is 17.7 Å². The summed E-state index contributed by atoms with van der Waals surface area (Å²) >= 11 is 0. The number of hydrogen-bond donors (Lipinski definition) is 1. The van der Waals surface area contributed by atoms with E-state index in [9.17, 15) is 13.9 Å². The van der Waals surface area contributed by atoms with E-state index in [1.54, 1.807) is 0 Å². The summed E-state index contributed by atoms with van der Waals surface area (Å²) in [5.74, 6) is -1.05. The van der Waals surface area contributed by atoms with Gasteiger partial charge in [-0.2, -0.15) is 0 Å². The van der Waals surface area contributed by atoms with Crippen molar-refractivity contribution in [3.63, 3.8) is 0 Å². The molecule has 3 heteroatoms. The highest BCUT2D eigenvalue weighted by Gasteiger charge is 2.17. The Labute approximate surface area is 111 Å². The summed E-state index contributed by atoms with van der Waals surface area (Å²) < 4.78 is 26.6. The number of hydrogen-bond acceptors (Lipinski definition) is 1. The summed E-state index contributed by atoms with van der Waals surface area (Å²) in [5.41, 5.74) is 1.08. The van der Waals surface area contributed by atoms with Crippen molar-refractivity contribution >= 4 is 0 Å². The molecule has 2 atom stereocenters. The van der Waals surface area contributed by atoms with Crippen LogP contribution in [0.1, 0.15) is 36.5 Å². The fourth-order valence-electron chi connectivity index (χ4n) is 2.15. The average Bonchev–Trinajstić information content (AvgIpc) is 2.42. The topological polar surface area (TPSA) is 20.2 Å². The Morgan fingerprint density at radius 3 is 2.42 bits per heavy atom. The molecule has 1 N–H and O–H groups in total.